The number of unbranched alkanes of at least 4 members (excludes halogenated alkanes) is 22. The molecule has 0 N–H and O–H groups in total. The average Bonchev–Trinajstić information content (AvgIpc) is 3.12. The van der Waals surface area contributed by atoms with E-state index in [1.165, 1.54) is 122 Å². The van der Waals surface area contributed by atoms with Crippen LogP contribution in [0.25, 0.3) is 0 Å². The standard InChI is InChI=1S/C44H84NO8P/c1-6-8-10-12-14-16-18-20-21-22-23-25-27-29-31-33-35-37-44(47)53-42(41-52-54(48,49)51-39-38-45(3,4)5)40-50-43(46)36-34-32-30-28-26-24-19-17-15-13-11-9-7-2/h23,25,29,31,42H,6-22,24,26-28,30,32-41H2,1-5H3/b25-23+,31-29+/t42-/m1/s1. The zero-order valence-corrected chi connectivity index (χ0v) is 36.6. The van der Waals surface area contributed by atoms with Crippen LogP contribution in [0.5, 0.6) is 0 Å². The lowest BCUT2D eigenvalue weighted by molar-refractivity contribution is -0.870. The normalized spacial score (nSPS) is 13.8. The van der Waals surface area contributed by atoms with Crippen molar-refractivity contribution >= 4 is 19.8 Å². The van der Waals surface area contributed by atoms with Gasteiger partial charge in [-0.3, -0.25) is 14.2 Å². The van der Waals surface area contributed by atoms with Crippen LogP contribution in [0.4, 0.5) is 0 Å². The summed E-state index contributed by atoms with van der Waals surface area (Å²) in [7, 11) is 1.15. The minimum atomic E-state index is -4.63. The first-order valence-electron chi connectivity index (χ1n) is 22.0. The molecule has 0 radical (unpaired) electrons. The first-order valence-corrected chi connectivity index (χ1v) is 23.5. The number of likely N-dealkylation sites (N-methyl/N-ethyl adjacent to an activating group) is 1. The summed E-state index contributed by atoms with van der Waals surface area (Å²) in [6.45, 7) is 4.19. The Hall–Kier alpha value is -1.51. The van der Waals surface area contributed by atoms with Crippen LogP contribution in [0.3, 0.4) is 0 Å². The second kappa shape index (κ2) is 37.1. The molecule has 0 rings (SSSR count). The number of carbonyl (C=O) groups is 2. The van der Waals surface area contributed by atoms with Crippen molar-refractivity contribution in [1.29, 1.82) is 0 Å². The lowest BCUT2D eigenvalue weighted by atomic mass is 10.0. The molecule has 0 heterocycles. The lowest BCUT2D eigenvalue weighted by Crippen LogP contribution is -2.37. The van der Waals surface area contributed by atoms with Gasteiger partial charge in [0.1, 0.15) is 19.8 Å². The summed E-state index contributed by atoms with van der Waals surface area (Å²) in [5.41, 5.74) is 0. The molecule has 0 saturated carbocycles. The summed E-state index contributed by atoms with van der Waals surface area (Å²) >= 11 is 0. The Bertz CT molecular complexity index is 980. The van der Waals surface area contributed by atoms with E-state index in [1.807, 2.05) is 21.1 Å². The highest BCUT2D eigenvalue weighted by Gasteiger charge is 2.21. The highest BCUT2D eigenvalue weighted by Crippen LogP contribution is 2.38. The molecule has 0 spiro atoms. The number of phosphoric ester groups is 1. The van der Waals surface area contributed by atoms with E-state index in [0.717, 1.165) is 38.5 Å². The van der Waals surface area contributed by atoms with Gasteiger partial charge in [0.05, 0.1) is 27.7 Å². The first kappa shape index (κ1) is 52.5. The van der Waals surface area contributed by atoms with Crippen molar-refractivity contribution in [2.24, 2.45) is 0 Å². The number of carbonyl (C=O) groups excluding carboxylic acids is 2. The van der Waals surface area contributed by atoms with E-state index in [2.05, 4.69) is 38.2 Å². The highest BCUT2D eigenvalue weighted by atomic mass is 31.2. The lowest BCUT2D eigenvalue weighted by Gasteiger charge is -2.28. The zero-order chi connectivity index (χ0) is 40.0. The quantitative estimate of drug-likeness (QED) is 0.0198. The molecule has 0 amide bonds. The van der Waals surface area contributed by atoms with Gasteiger partial charge in [0.25, 0.3) is 7.82 Å². The van der Waals surface area contributed by atoms with Gasteiger partial charge >= 0.3 is 11.9 Å². The second-order valence-corrected chi connectivity index (χ2v) is 17.5. The van der Waals surface area contributed by atoms with E-state index in [1.54, 1.807) is 0 Å². The molecule has 10 heteroatoms. The van der Waals surface area contributed by atoms with Gasteiger partial charge in [-0.15, -0.1) is 0 Å². The van der Waals surface area contributed by atoms with E-state index >= 15 is 0 Å². The van der Waals surface area contributed by atoms with Gasteiger partial charge in [0, 0.05) is 12.8 Å². The molecule has 0 aliphatic heterocycles. The van der Waals surface area contributed by atoms with Gasteiger partial charge in [0.15, 0.2) is 6.10 Å². The molecule has 0 aliphatic carbocycles. The number of ether oxygens (including phenoxy) is 2. The number of phosphoric acid groups is 1. The minimum absolute atomic E-state index is 0.0362. The minimum Gasteiger partial charge on any atom is -0.756 e. The van der Waals surface area contributed by atoms with Crippen molar-refractivity contribution in [3.05, 3.63) is 24.3 Å². The third-order valence-electron chi connectivity index (χ3n) is 9.47. The number of nitrogens with zero attached hydrogens (tertiary/aromatic N) is 1. The molecule has 0 bridgehead atoms. The summed E-state index contributed by atoms with van der Waals surface area (Å²) < 4.78 is 33.8. The predicted molar refractivity (Wildman–Crippen MR) is 222 cm³/mol. The van der Waals surface area contributed by atoms with Gasteiger partial charge in [-0.05, 0) is 38.5 Å². The Morgan fingerprint density at radius 1 is 0.574 bits per heavy atom. The van der Waals surface area contributed by atoms with Crippen LogP contribution in [-0.4, -0.2) is 70.0 Å². The first-order chi connectivity index (χ1) is 26.0. The van der Waals surface area contributed by atoms with Gasteiger partial charge in [-0.25, -0.2) is 0 Å². The number of esters is 2. The zero-order valence-electron chi connectivity index (χ0n) is 35.7. The Kier molecular flexibility index (Phi) is 36.1. The molecule has 318 valence electrons. The molecule has 0 aromatic rings. The predicted octanol–water partition coefficient (Wildman–Crippen LogP) is 11.7. The van der Waals surface area contributed by atoms with Gasteiger partial charge < -0.3 is 27.9 Å². The topological polar surface area (TPSA) is 111 Å². The number of hydrogen-bond donors (Lipinski definition) is 0. The van der Waals surface area contributed by atoms with Crippen LogP contribution in [0, 0.1) is 0 Å². The molecule has 0 saturated heterocycles. The molecular formula is C44H84NO8P. The summed E-state index contributed by atoms with van der Waals surface area (Å²) in [5, 5.41) is 0. The largest absolute Gasteiger partial charge is 0.756 e. The summed E-state index contributed by atoms with van der Waals surface area (Å²) in [5.74, 6) is -0.881. The number of allylic oxidation sites excluding steroid dienone is 4. The maximum atomic E-state index is 12.6. The van der Waals surface area contributed by atoms with Crippen molar-refractivity contribution in [2.45, 2.75) is 200 Å². The van der Waals surface area contributed by atoms with Gasteiger partial charge in [-0.2, -0.15) is 0 Å². The molecule has 1 unspecified atom stereocenters. The Morgan fingerprint density at radius 3 is 1.52 bits per heavy atom. The molecule has 9 nitrogen and oxygen atoms in total. The fraction of sp³-hybridized carbons (Fsp3) is 0.864. The SMILES string of the molecule is CCCCCCCCCCC/C=C/C/C=C/CCCC(=O)O[C@H](COC(=O)CCCCCCCCCCCCCCC)COP(=O)([O-])OCC[N+](C)(C)C. The van der Waals surface area contributed by atoms with Crippen LogP contribution in [0.15, 0.2) is 24.3 Å². The fourth-order valence-corrected chi connectivity index (χ4v) is 6.72. The van der Waals surface area contributed by atoms with Crippen LogP contribution in [0.2, 0.25) is 0 Å². The maximum absolute atomic E-state index is 12.6. The van der Waals surface area contributed by atoms with Crippen LogP contribution < -0.4 is 4.89 Å². The van der Waals surface area contributed by atoms with Crippen molar-refractivity contribution in [2.75, 3.05) is 47.5 Å². The summed E-state index contributed by atoms with van der Waals surface area (Å²) in [4.78, 5) is 37.5. The fourth-order valence-electron chi connectivity index (χ4n) is 5.99. The summed E-state index contributed by atoms with van der Waals surface area (Å²) in [6.07, 6.45) is 39.2. The van der Waals surface area contributed by atoms with Crippen molar-refractivity contribution in [3.63, 3.8) is 0 Å². The van der Waals surface area contributed by atoms with Crippen molar-refractivity contribution in [1.82, 2.24) is 0 Å². The van der Waals surface area contributed by atoms with Crippen molar-refractivity contribution < 1.29 is 42.1 Å². The van der Waals surface area contributed by atoms with Crippen molar-refractivity contribution in [3.8, 4) is 0 Å². The van der Waals surface area contributed by atoms with E-state index < -0.39 is 32.5 Å². The van der Waals surface area contributed by atoms with Gasteiger partial charge in [0.2, 0.25) is 0 Å². The highest BCUT2D eigenvalue weighted by molar-refractivity contribution is 7.45. The number of quaternary nitrogens is 1. The molecular weight excluding hydrogens is 701 g/mol. The summed E-state index contributed by atoms with van der Waals surface area (Å²) in [6, 6.07) is 0. The Morgan fingerprint density at radius 2 is 1.02 bits per heavy atom. The molecule has 0 aromatic carbocycles. The third kappa shape index (κ3) is 40.2. The number of hydrogen-bond acceptors (Lipinski definition) is 8. The molecule has 0 aliphatic rings. The van der Waals surface area contributed by atoms with E-state index in [9.17, 15) is 19.0 Å². The molecule has 0 fully saturated rings. The van der Waals surface area contributed by atoms with Crippen LogP contribution in [-0.2, 0) is 32.7 Å². The van der Waals surface area contributed by atoms with E-state index in [0.29, 0.717) is 17.4 Å². The monoisotopic (exact) mass is 786 g/mol. The van der Waals surface area contributed by atoms with Crippen LogP contribution in [0.1, 0.15) is 194 Å². The number of rotatable bonds is 40. The Balaban J connectivity index is 4.41. The van der Waals surface area contributed by atoms with E-state index in [-0.39, 0.29) is 26.1 Å². The molecule has 54 heavy (non-hydrogen) atoms. The van der Waals surface area contributed by atoms with Crippen LogP contribution >= 0.6 is 7.82 Å². The third-order valence-corrected chi connectivity index (χ3v) is 10.4. The average molecular weight is 786 g/mol. The smallest absolute Gasteiger partial charge is 0.306 e. The van der Waals surface area contributed by atoms with E-state index in [4.69, 9.17) is 18.5 Å². The second-order valence-electron chi connectivity index (χ2n) is 16.1. The van der Waals surface area contributed by atoms with Gasteiger partial charge in [-0.1, -0.05) is 167 Å². The molecule has 0 aromatic heterocycles. The maximum Gasteiger partial charge on any atom is 0.306 e. The molecule has 2 atom stereocenters. The Labute approximate surface area is 332 Å².